The molecule has 0 heterocycles. The summed E-state index contributed by atoms with van der Waals surface area (Å²) in [6, 6.07) is 20.8. The summed E-state index contributed by atoms with van der Waals surface area (Å²) in [5, 5.41) is 7.10. The molecule has 0 unspecified atom stereocenters. The predicted molar refractivity (Wildman–Crippen MR) is 61.7 cm³/mol. The van der Waals surface area contributed by atoms with E-state index in [2.05, 4.69) is 54.3 Å². The number of rotatable bonds is 1. The zero-order valence-electron chi connectivity index (χ0n) is 8.30. The van der Waals surface area contributed by atoms with E-state index in [0.717, 1.165) is 0 Å². The molecule has 0 aliphatic heterocycles. The summed E-state index contributed by atoms with van der Waals surface area (Å²) in [4.78, 5) is 0. The van der Waals surface area contributed by atoms with Gasteiger partial charge in [-0.3, -0.25) is 0 Å². The van der Waals surface area contributed by atoms with Crippen LogP contribution in [0, 0.1) is 11.5 Å². The molecule has 15 heavy (non-hydrogen) atoms. The van der Waals surface area contributed by atoms with Gasteiger partial charge in [0.2, 0.25) is 0 Å². The zero-order chi connectivity index (χ0) is 10.9. The van der Waals surface area contributed by atoms with Crippen molar-refractivity contribution in [3.05, 3.63) is 60.7 Å². The van der Waals surface area contributed by atoms with Crippen LogP contribution >= 0.6 is 0 Å². The number of nitrogens with zero attached hydrogens (tertiary/aromatic N) is 1. The minimum absolute atomic E-state index is 1.25. The van der Waals surface area contributed by atoms with Crippen LogP contribution in [0.1, 0.15) is 0 Å². The second-order valence-electron chi connectivity index (χ2n) is 2.86. The van der Waals surface area contributed by atoms with Crippen molar-refractivity contribution in [2.24, 2.45) is 5.73 Å². The van der Waals surface area contributed by atoms with Gasteiger partial charge in [0.1, 0.15) is 0 Å². The molecule has 0 saturated heterocycles. The van der Waals surface area contributed by atoms with Crippen molar-refractivity contribution in [2.75, 3.05) is 0 Å². The van der Waals surface area contributed by atoms with Crippen LogP contribution in [0.25, 0.3) is 11.1 Å². The van der Waals surface area contributed by atoms with Crippen LogP contribution < -0.4 is 5.73 Å². The van der Waals surface area contributed by atoms with Crippen LogP contribution in [-0.4, -0.2) is 0 Å². The number of nitriles is 1. The minimum atomic E-state index is 1.25. The third-order valence-corrected chi connectivity index (χ3v) is 1.88. The first-order valence-corrected chi connectivity index (χ1v) is 4.58. The maximum Gasteiger partial charge on any atom is 0.173 e. The van der Waals surface area contributed by atoms with E-state index in [-0.39, 0.29) is 0 Å². The molecule has 2 aromatic carbocycles. The fourth-order valence-corrected chi connectivity index (χ4v) is 1.26. The summed E-state index contributed by atoms with van der Waals surface area (Å²) in [5.74, 6) is 0. The highest BCUT2D eigenvalue weighted by Crippen LogP contribution is 2.17. The second kappa shape index (κ2) is 6.22. The van der Waals surface area contributed by atoms with Gasteiger partial charge in [-0.1, -0.05) is 60.7 Å². The van der Waals surface area contributed by atoms with Gasteiger partial charge < -0.3 is 5.73 Å². The van der Waals surface area contributed by atoms with Crippen molar-refractivity contribution in [2.45, 2.75) is 0 Å². The van der Waals surface area contributed by atoms with Crippen molar-refractivity contribution in [3.8, 4) is 17.3 Å². The summed E-state index contributed by atoms with van der Waals surface area (Å²) in [6.45, 7) is 0. The molecular formula is C13H12N2. The molecule has 2 aromatic rings. The van der Waals surface area contributed by atoms with Crippen molar-refractivity contribution < 1.29 is 0 Å². The van der Waals surface area contributed by atoms with E-state index in [1.54, 1.807) is 0 Å². The lowest BCUT2D eigenvalue weighted by atomic mass is 10.1. The lowest BCUT2D eigenvalue weighted by molar-refractivity contribution is 1.45. The summed E-state index contributed by atoms with van der Waals surface area (Å²) >= 11 is 0. The summed E-state index contributed by atoms with van der Waals surface area (Å²) in [5.41, 5.74) is 6.70. The topological polar surface area (TPSA) is 49.8 Å². The van der Waals surface area contributed by atoms with E-state index < -0.39 is 0 Å². The van der Waals surface area contributed by atoms with Gasteiger partial charge in [0.15, 0.2) is 6.19 Å². The van der Waals surface area contributed by atoms with Crippen molar-refractivity contribution in [1.82, 2.24) is 0 Å². The number of nitrogens with two attached hydrogens (primary N) is 1. The van der Waals surface area contributed by atoms with Crippen molar-refractivity contribution in [3.63, 3.8) is 0 Å². The van der Waals surface area contributed by atoms with Crippen LogP contribution in [0.5, 0.6) is 0 Å². The minimum Gasteiger partial charge on any atom is -0.337 e. The number of hydrogen-bond donors (Lipinski definition) is 1. The Morgan fingerprint density at radius 1 is 0.733 bits per heavy atom. The molecule has 0 spiro atoms. The van der Waals surface area contributed by atoms with Crippen molar-refractivity contribution >= 4 is 0 Å². The lowest BCUT2D eigenvalue weighted by Crippen LogP contribution is -1.73. The average molecular weight is 196 g/mol. The quantitative estimate of drug-likeness (QED) is 0.563. The monoisotopic (exact) mass is 196 g/mol. The first-order valence-electron chi connectivity index (χ1n) is 4.58. The Morgan fingerprint density at radius 3 is 1.27 bits per heavy atom. The average Bonchev–Trinajstić information content (AvgIpc) is 2.32. The number of benzene rings is 2. The molecule has 0 aliphatic rings. The SMILES string of the molecule is N#CN.c1ccc(-c2ccccc2)cc1. The molecule has 0 radical (unpaired) electrons. The summed E-state index contributed by atoms with van der Waals surface area (Å²) in [6.07, 6.45) is 1.25. The van der Waals surface area contributed by atoms with Gasteiger partial charge in [0.05, 0.1) is 0 Å². The highest BCUT2D eigenvalue weighted by atomic mass is 14.5. The van der Waals surface area contributed by atoms with Crippen LogP contribution in [0.4, 0.5) is 0 Å². The Morgan fingerprint density at radius 2 is 1.00 bits per heavy atom. The van der Waals surface area contributed by atoms with Gasteiger partial charge in [0, 0.05) is 0 Å². The molecule has 2 nitrogen and oxygen atoms in total. The van der Waals surface area contributed by atoms with E-state index in [4.69, 9.17) is 5.26 Å². The van der Waals surface area contributed by atoms with E-state index in [1.165, 1.54) is 17.3 Å². The van der Waals surface area contributed by atoms with Gasteiger partial charge in [-0.15, -0.1) is 0 Å². The fourth-order valence-electron chi connectivity index (χ4n) is 1.26. The van der Waals surface area contributed by atoms with E-state index in [9.17, 15) is 0 Å². The molecule has 0 fully saturated rings. The Balaban J connectivity index is 0.000000337. The molecule has 2 N–H and O–H groups in total. The molecule has 2 rings (SSSR count). The normalized spacial score (nSPS) is 8.20. The van der Waals surface area contributed by atoms with Crippen molar-refractivity contribution in [1.29, 1.82) is 5.26 Å². The fraction of sp³-hybridized carbons (Fsp3) is 0. The first-order chi connectivity index (χ1) is 7.38. The molecule has 0 aliphatic carbocycles. The molecule has 2 heteroatoms. The van der Waals surface area contributed by atoms with Gasteiger partial charge >= 0.3 is 0 Å². The largest absolute Gasteiger partial charge is 0.337 e. The Kier molecular flexibility index (Phi) is 4.49. The van der Waals surface area contributed by atoms with Gasteiger partial charge in [-0.05, 0) is 11.1 Å². The molecule has 0 atom stereocenters. The van der Waals surface area contributed by atoms with Crippen LogP contribution in [0.3, 0.4) is 0 Å². The second-order valence-corrected chi connectivity index (χ2v) is 2.86. The zero-order valence-corrected chi connectivity index (χ0v) is 8.30. The maximum absolute atomic E-state index is 7.10. The van der Waals surface area contributed by atoms with Gasteiger partial charge in [-0.25, -0.2) is 0 Å². The highest BCUT2D eigenvalue weighted by Gasteiger charge is 1.91. The maximum atomic E-state index is 7.10. The lowest BCUT2D eigenvalue weighted by Gasteiger charge is -1.98. The Hall–Kier alpha value is -2.27. The molecule has 74 valence electrons. The van der Waals surface area contributed by atoms with Crippen LogP contribution in [0.2, 0.25) is 0 Å². The summed E-state index contributed by atoms with van der Waals surface area (Å²) < 4.78 is 0. The summed E-state index contributed by atoms with van der Waals surface area (Å²) in [7, 11) is 0. The Labute approximate surface area is 89.6 Å². The molecule has 0 saturated carbocycles. The molecule has 0 bridgehead atoms. The van der Waals surface area contributed by atoms with E-state index in [0.29, 0.717) is 0 Å². The third-order valence-electron chi connectivity index (χ3n) is 1.88. The standard InChI is InChI=1S/C12H10.CH2N2/c1-3-7-11(8-4-1)12-9-5-2-6-10-12;2-1-3/h1-10H;2H2. The highest BCUT2D eigenvalue weighted by molar-refractivity contribution is 5.62. The Bertz CT molecular complexity index is 378. The van der Waals surface area contributed by atoms with Crippen LogP contribution in [0.15, 0.2) is 60.7 Å². The molecular weight excluding hydrogens is 184 g/mol. The number of hydrogen-bond acceptors (Lipinski definition) is 2. The van der Waals surface area contributed by atoms with Gasteiger partial charge in [-0.2, -0.15) is 5.26 Å². The van der Waals surface area contributed by atoms with E-state index in [1.807, 2.05) is 12.1 Å². The predicted octanol–water partition coefficient (Wildman–Crippen LogP) is 2.78. The third kappa shape index (κ3) is 3.53. The van der Waals surface area contributed by atoms with Crippen LogP contribution in [-0.2, 0) is 0 Å². The van der Waals surface area contributed by atoms with Gasteiger partial charge in [0.25, 0.3) is 0 Å². The van der Waals surface area contributed by atoms with E-state index >= 15 is 0 Å². The molecule has 0 aromatic heterocycles. The smallest absolute Gasteiger partial charge is 0.173 e. The molecule has 0 amide bonds. The first kappa shape index (κ1) is 10.8.